The fourth-order valence-corrected chi connectivity index (χ4v) is 3.03. The van der Waals surface area contributed by atoms with E-state index in [1.165, 1.54) is 0 Å². The summed E-state index contributed by atoms with van der Waals surface area (Å²) in [4.78, 5) is 36.0. The van der Waals surface area contributed by atoms with Crippen molar-refractivity contribution < 1.29 is 19.5 Å². The molecule has 0 saturated carbocycles. The van der Waals surface area contributed by atoms with Crippen LogP contribution in [0.1, 0.15) is 38.5 Å². The van der Waals surface area contributed by atoms with Crippen molar-refractivity contribution in [3.8, 4) is 0 Å². The van der Waals surface area contributed by atoms with Crippen LogP contribution in [0.2, 0.25) is 0 Å². The van der Waals surface area contributed by atoms with Crippen molar-refractivity contribution in [3.05, 3.63) is 0 Å². The first kappa shape index (κ1) is 14.8. The Kier molecular flexibility index (Phi) is 4.98. The van der Waals surface area contributed by atoms with Gasteiger partial charge in [0.25, 0.3) is 0 Å². The first-order chi connectivity index (χ1) is 9.56. The summed E-state index contributed by atoms with van der Waals surface area (Å²) < 4.78 is 0. The van der Waals surface area contributed by atoms with Gasteiger partial charge in [0.05, 0.1) is 5.92 Å². The molecule has 2 aliphatic rings. The minimum Gasteiger partial charge on any atom is -0.481 e. The number of carbonyl (C=O) groups is 3. The number of carboxylic acids is 1. The van der Waals surface area contributed by atoms with Gasteiger partial charge in [-0.2, -0.15) is 0 Å². The van der Waals surface area contributed by atoms with Crippen molar-refractivity contribution in [1.29, 1.82) is 0 Å². The second-order valence-electron chi connectivity index (χ2n) is 5.76. The molecule has 0 aromatic carbocycles. The molecular weight excluding hydrogens is 260 g/mol. The SMILES string of the molecule is O=C(O)CCC1CCCN(C(=O)C2CCC(=O)NC2)C1. The second kappa shape index (κ2) is 6.72. The Labute approximate surface area is 118 Å². The number of carbonyl (C=O) groups excluding carboxylic acids is 2. The summed E-state index contributed by atoms with van der Waals surface area (Å²) in [5.41, 5.74) is 0. The van der Waals surface area contributed by atoms with Gasteiger partial charge in [-0.3, -0.25) is 14.4 Å². The van der Waals surface area contributed by atoms with Gasteiger partial charge in [0.1, 0.15) is 0 Å². The summed E-state index contributed by atoms with van der Waals surface area (Å²) >= 11 is 0. The number of hydrogen-bond donors (Lipinski definition) is 2. The third kappa shape index (κ3) is 3.95. The van der Waals surface area contributed by atoms with E-state index in [9.17, 15) is 14.4 Å². The minimum absolute atomic E-state index is 0.0204. The minimum atomic E-state index is -0.775. The lowest BCUT2D eigenvalue weighted by Gasteiger charge is -2.35. The fourth-order valence-electron chi connectivity index (χ4n) is 3.03. The molecule has 6 nitrogen and oxygen atoms in total. The molecule has 2 aliphatic heterocycles. The van der Waals surface area contributed by atoms with Gasteiger partial charge in [-0.15, -0.1) is 0 Å². The van der Waals surface area contributed by atoms with Crippen molar-refractivity contribution in [1.82, 2.24) is 10.2 Å². The van der Waals surface area contributed by atoms with Crippen molar-refractivity contribution in [2.24, 2.45) is 11.8 Å². The molecule has 2 saturated heterocycles. The number of amides is 2. The molecule has 2 atom stereocenters. The molecule has 6 heteroatoms. The third-order valence-electron chi connectivity index (χ3n) is 4.21. The maximum Gasteiger partial charge on any atom is 0.303 e. The summed E-state index contributed by atoms with van der Waals surface area (Å²) in [5.74, 6) is -0.451. The van der Waals surface area contributed by atoms with E-state index in [2.05, 4.69) is 5.32 Å². The van der Waals surface area contributed by atoms with Crippen LogP contribution in [0.15, 0.2) is 0 Å². The summed E-state index contributed by atoms with van der Waals surface area (Å²) in [6.45, 7) is 1.86. The van der Waals surface area contributed by atoms with Gasteiger partial charge in [-0.25, -0.2) is 0 Å². The van der Waals surface area contributed by atoms with Crippen molar-refractivity contribution in [2.45, 2.75) is 38.5 Å². The molecule has 2 amide bonds. The topological polar surface area (TPSA) is 86.7 Å². The molecule has 2 fully saturated rings. The zero-order valence-corrected chi connectivity index (χ0v) is 11.6. The van der Waals surface area contributed by atoms with Crippen molar-refractivity contribution in [2.75, 3.05) is 19.6 Å². The second-order valence-corrected chi connectivity index (χ2v) is 5.76. The molecule has 0 aliphatic carbocycles. The van der Waals surface area contributed by atoms with Crippen LogP contribution in [0, 0.1) is 11.8 Å². The first-order valence-corrected chi connectivity index (χ1v) is 7.33. The van der Waals surface area contributed by atoms with Crippen LogP contribution in [0.5, 0.6) is 0 Å². The average molecular weight is 282 g/mol. The average Bonchev–Trinajstić information content (AvgIpc) is 2.45. The standard InChI is InChI=1S/C14H22N2O4/c17-12-5-4-11(8-15-12)14(20)16-7-1-2-10(9-16)3-6-13(18)19/h10-11H,1-9H2,(H,15,17)(H,18,19). The molecular formula is C14H22N2O4. The number of hydrogen-bond acceptors (Lipinski definition) is 3. The third-order valence-corrected chi connectivity index (χ3v) is 4.21. The molecule has 0 radical (unpaired) electrons. The highest BCUT2D eigenvalue weighted by Gasteiger charge is 2.31. The highest BCUT2D eigenvalue weighted by atomic mass is 16.4. The molecule has 0 bridgehead atoms. The van der Waals surface area contributed by atoms with E-state index < -0.39 is 5.97 Å². The predicted octanol–water partition coefficient (Wildman–Crippen LogP) is 0.616. The van der Waals surface area contributed by atoms with Gasteiger partial charge < -0.3 is 15.3 Å². The lowest BCUT2D eigenvalue weighted by molar-refractivity contribution is -0.139. The summed E-state index contributed by atoms with van der Waals surface area (Å²) in [7, 11) is 0. The molecule has 112 valence electrons. The molecule has 20 heavy (non-hydrogen) atoms. The number of likely N-dealkylation sites (tertiary alicyclic amines) is 1. The lowest BCUT2D eigenvalue weighted by Crippen LogP contribution is -2.48. The number of nitrogens with one attached hydrogen (secondary N) is 1. The fraction of sp³-hybridized carbons (Fsp3) is 0.786. The van der Waals surface area contributed by atoms with Gasteiger partial charge >= 0.3 is 5.97 Å². The van der Waals surface area contributed by atoms with E-state index in [-0.39, 0.29) is 24.2 Å². The summed E-state index contributed by atoms with van der Waals surface area (Å²) in [6.07, 6.45) is 3.80. The zero-order chi connectivity index (χ0) is 14.5. The van der Waals surface area contributed by atoms with E-state index in [0.29, 0.717) is 38.3 Å². The Morgan fingerprint density at radius 2 is 2.15 bits per heavy atom. The Balaban J connectivity index is 1.83. The maximum absolute atomic E-state index is 12.4. The maximum atomic E-state index is 12.4. The number of rotatable bonds is 4. The van der Waals surface area contributed by atoms with Gasteiger partial charge in [0.15, 0.2) is 0 Å². The largest absolute Gasteiger partial charge is 0.481 e. The number of carboxylic acid groups (broad SMARTS) is 1. The first-order valence-electron chi connectivity index (χ1n) is 7.33. The van der Waals surface area contributed by atoms with E-state index >= 15 is 0 Å². The number of nitrogens with zero attached hydrogens (tertiary/aromatic N) is 1. The van der Waals surface area contributed by atoms with Crippen LogP contribution in [0.4, 0.5) is 0 Å². The van der Waals surface area contributed by atoms with E-state index in [0.717, 1.165) is 19.4 Å². The highest BCUT2D eigenvalue weighted by molar-refractivity contribution is 5.83. The molecule has 0 spiro atoms. The lowest BCUT2D eigenvalue weighted by atomic mass is 9.91. The quantitative estimate of drug-likeness (QED) is 0.791. The number of piperidine rings is 2. The number of aliphatic carboxylic acids is 1. The van der Waals surface area contributed by atoms with Gasteiger partial charge in [0.2, 0.25) is 11.8 Å². The highest BCUT2D eigenvalue weighted by Crippen LogP contribution is 2.23. The predicted molar refractivity (Wildman–Crippen MR) is 71.9 cm³/mol. The Morgan fingerprint density at radius 3 is 2.80 bits per heavy atom. The van der Waals surface area contributed by atoms with Crippen LogP contribution in [-0.4, -0.2) is 47.4 Å². The van der Waals surface area contributed by atoms with Gasteiger partial charge in [0, 0.05) is 32.5 Å². The Morgan fingerprint density at radius 1 is 1.35 bits per heavy atom. The van der Waals surface area contributed by atoms with Gasteiger partial charge in [-0.05, 0) is 31.6 Å². The molecule has 2 N–H and O–H groups in total. The summed E-state index contributed by atoms with van der Waals surface area (Å²) in [6, 6.07) is 0. The normalized spacial score (nSPS) is 27.0. The van der Waals surface area contributed by atoms with Crippen LogP contribution in [-0.2, 0) is 14.4 Å². The molecule has 2 heterocycles. The van der Waals surface area contributed by atoms with Crippen LogP contribution in [0.3, 0.4) is 0 Å². The molecule has 0 aromatic rings. The van der Waals surface area contributed by atoms with Crippen LogP contribution < -0.4 is 5.32 Å². The van der Waals surface area contributed by atoms with Crippen LogP contribution in [0.25, 0.3) is 0 Å². The van der Waals surface area contributed by atoms with Gasteiger partial charge in [-0.1, -0.05) is 0 Å². The Hall–Kier alpha value is -1.59. The summed E-state index contributed by atoms with van der Waals surface area (Å²) in [5, 5.41) is 11.5. The van der Waals surface area contributed by atoms with E-state index in [1.807, 2.05) is 4.90 Å². The molecule has 0 aromatic heterocycles. The van der Waals surface area contributed by atoms with Crippen LogP contribution >= 0.6 is 0 Å². The molecule has 2 unspecified atom stereocenters. The van der Waals surface area contributed by atoms with E-state index in [1.54, 1.807) is 0 Å². The molecule has 2 rings (SSSR count). The smallest absolute Gasteiger partial charge is 0.303 e. The van der Waals surface area contributed by atoms with Crippen molar-refractivity contribution >= 4 is 17.8 Å². The zero-order valence-electron chi connectivity index (χ0n) is 11.6. The monoisotopic (exact) mass is 282 g/mol. The van der Waals surface area contributed by atoms with Crippen molar-refractivity contribution in [3.63, 3.8) is 0 Å². The van der Waals surface area contributed by atoms with E-state index in [4.69, 9.17) is 5.11 Å². The Bertz CT molecular complexity index is 387.